The number of aryl methyl sites for hydroxylation is 3. The molecule has 1 aliphatic heterocycles. The lowest BCUT2D eigenvalue weighted by atomic mass is 10.0. The van der Waals surface area contributed by atoms with Crippen molar-refractivity contribution in [2.75, 3.05) is 4.90 Å². The first-order valence-electron chi connectivity index (χ1n) is 9.86. The molecule has 0 radical (unpaired) electrons. The lowest BCUT2D eigenvalue weighted by molar-refractivity contribution is -0.122. The van der Waals surface area contributed by atoms with E-state index in [2.05, 4.69) is 14.9 Å². The predicted octanol–water partition coefficient (Wildman–Crippen LogP) is 3.94. The van der Waals surface area contributed by atoms with Gasteiger partial charge in [-0.15, -0.1) is 0 Å². The van der Waals surface area contributed by atoms with Gasteiger partial charge in [-0.25, -0.2) is 0 Å². The van der Waals surface area contributed by atoms with Crippen molar-refractivity contribution in [3.63, 3.8) is 0 Å². The van der Waals surface area contributed by atoms with Crippen LogP contribution < -0.4 is 10.2 Å². The van der Waals surface area contributed by atoms with E-state index in [-0.39, 0.29) is 10.7 Å². The fourth-order valence-corrected chi connectivity index (χ4v) is 4.09. The van der Waals surface area contributed by atoms with Gasteiger partial charge >= 0.3 is 0 Å². The average molecular weight is 431 g/mol. The van der Waals surface area contributed by atoms with Gasteiger partial charge < -0.3 is 4.57 Å². The molecule has 6 nitrogen and oxygen atoms in total. The number of nitrogens with one attached hydrogen (secondary N) is 1. The van der Waals surface area contributed by atoms with Crippen LogP contribution in [0.5, 0.6) is 0 Å². The minimum Gasteiger partial charge on any atom is -0.318 e. The molecule has 1 fully saturated rings. The predicted molar refractivity (Wildman–Crippen MR) is 125 cm³/mol. The summed E-state index contributed by atoms with van der Waals surface area (Å²) >= 11 is 5.33. The normalized spacial score (nSPS) is 15.5. The number of pyridine rings is 1. The van der Waals surface area contributed by atoms with Crippen molar-refractivity contribution in [2.24, 2.45) is 0 Å². The van der Waals surface area contributed by atoms with Crippen LogP contribution in [0.25, 0.3) is 11.8 Å². The van der Waals surface area contributed by atoms with Gasteiger partial charge in [0.05, 0.1) is 5.69 Å². The van der Waals surface area contributed by atoms with E-state index in [1.807, 2.05) is 64.1 Å². The van der Waals surface area contributed by atoms with Gasteiger partial charge in [-0.1, -0.05) is 12.1 Å². The number of nitrogens with zero attached hydrogens (tertiary/aromatic N) is 3. The minimum absolute atomic E-state index is 0.0458. The number of hydrogen-bond acceptors (Lipinski definition) is 4. The third kappa shape index (κ3) is 3.68. The SMILES string of the molecule is Cc1ccc(C)c(N2C(=O)/C(=C/c3cc(C)n(-c4ccncc4)c3C)C(=O)NC2=S)c1. The highest BCUT2D eigenvalue weighted by atomic mass is 32.1. The number of carbonyl (C=O) groups is 2. The second-order valence-corrected chi connectivity index (χ2v) is 8.00. The topological polar surface area (TPSA) is 67.2 Å². The molecule has 0 saturated carbocycles. The van der Waals surface area contributed by atoms with Crippen molar-refractivity contribution in [1.29, 1.82) is 0 Å². The summed E-state index contributed by atoms with van der Waals surface area (Å²) in [6.07, 6.45) is 5.10. The quantitative estimate of drug-likeness (QED) is 0.388. The van der Waals surface area contributed by atoms with E-state index in [4.69, 9.17) is 12.2 Å². The number of benzene rings is 1. The highest BCUT2D eigenvalue weighted by Crippen LogP contribution is 2.28. The third-order valence-corrected chi connectivity index (χ3v) is 5.68. The number of carbonyl (C=O) groups excluding carboxylic acids is 2. The Labute approximate surface area is 186 Å². The van der Waals surface area contributed by atoms with Gasteiger partial charge in [-0.3, -0.25) is 24.8 Å². The van der Waals surface area contributed by atoms with Crippen LogP contribution in [0.15, 0.2) is 54.4 Å². The average Bonchev–Trinajstić information content (AvgIpc) is 3.01. The zero-order valence-electron chi connectivity index (χ0n) is 17.8. The van der Waals surface area contributed by atoms with E-state index in [9.17, 15) is 9.59 Å². The van der Waals surface area contributed by atoms with Crippen LogP contribution in [0.1, 0.15) is 28.1 Å². The largest absolute Gasteiger partial charge is 0.318 e. The minimum atomic E-state index is -0.495. The molecule has 1 saturated heterocycles. The molecule has 0 spiro atoms. The van der Waals surface area contributed by atoms with Crippen LogP contribution in [0.3, 0.4) is 0 Å². The van der Waals surface area contributed by atoms with Gasteiger partial charge in [0, 0.05) is 29.5 Å². The smallest absolute Gasteiger partial charge is 0.270 e. The molecule has 7 heteroatoms. The molecular weight excluding hydrogens is 408 g/mol. The third-order valence-electron chi connectivity index (χ3n) is 5.40. The Bertz CT molecular complexity index is 1260. The summed E-state index contributed by atoms with van der Waals surface area (Å²) in [4.78, 5) is 31.5. The molecule has 156 valence electrons. The van der Waals surface area contributed by atoms with Crippen LogP contribution in [0.2, 0.25) is 0 Å². The van der Waals surface area contributed by atoms with Gasteiger partial charge in [0.2, 0.25) is 0 Å². The highest BCUT2D eigenvalue weighted by Gasteiger charge is 2.35. The van der Waals surface area contributed by atoms with Crippen LogP contribution in [0, 0.1) is 27.7 Å². The number of hydrogen-bond donors (Lipinski definition) is 1. The molecule has 1 aliphatic rings. The van der Waals surface area contributed by atoms with Gasteiger partial charge in [0.25, 0.3) is 11.8 Å². The Kier molecular flexibility index (Phi) is 5.29. The molecule has 0 bridgehead atoms. The van der Waals surface area contributed by atoms with Crippen molar-refractivity contribution < 1.29 is 9.59 Å². The van der Waals surface area contributed by atoms with E-state index < -0.39 is 11.8 Å². The lowest BCUT2D eigenvalue weighted by Gasteiger charge is -2.30. The molecule has 3 aromatic rings. The number of rotatable bonds is 3. The monoisotopic (exact) mass is 430 g/mol. The first-order valence-corrected chi connectivity index (χ1v) is 10.3. The maximum absolute atomic E-state index is 13.4. The standard InChI is InChI=1S/C24H22N4O2S/c1-14-5-6-15(2)21(11-14)28-23(30)20(22(29)26-24(28)31)13-18-12-16(3)27(17(18)4)19-7-9-25-10-8-19/h5-13H,1-4H3,(H,26,29,31)/b20-13+. The highest BCUT2D eigenvalue weighted by molar-refractivity contribution is 7.80. The maximum Gasteiger partial charge on any atom is 0.270 e. The summed E-state index contributed by atoms with van der Waals surface area (Å²) in [5, 5.41) is 2.75. The molecule has 1 N–H and O–H groups in total. The van der Waals surface area contributed by atoms with Crippen LogP contribution >= 0.6 is 12.2 Å². The van der Waals surface area contributed by atoms with Gasteiger partial charge in [-0.2, -0.15) is 0 Å². The second-order valence-electron chi connectivity index (χ2n) is 7.62. The number of amides is 2. The molecule has 4 rings (SSSR count). The Morgan fingerprint density at radius 3 is 2.42 bits per heavy atom. The zero-order valence-corrected chi connectivity index (χ0v) is 18.6. The molecule has 31 heavy (non-hydrogen) atoms. The Morgan fingerprint density at radius 2 is 1.71 bits per heavy atom. The first kappa shape index (κ1) is 20.7. The van der Waals surface area contributed by atoms with Gasteiger partial charge in [-0.05, 0) is 86.9 Å². The van der Waals surface area contributed by atoms with E-state index in [0.717, 1.165) is 33.8 Å². The number of anilines is 1. The van der Waals surface area contributed by atoms with E-state index >= 15 is 0 Å². The number of thiocarbonyl (C=S) groups is 1. The first-order chi connectivity index (χ1) is 14.8. The van der Waals surface area contributed by atoms with E-state index in [1.54, 1.807) is 18.5 Å². The molecule has 3 heterocycles. The summed E-state index contributed by atoms with van der Waals surface area (Å²) in [5.41, 5.74) is 6.28. The summed E-state index contributed by atoms with van der Waals surface area (Å²) in [6.45, 7) is 7.80. The molecular formula is C24H22N4O2S. The fourth-order valence-electron chi connectivity index (χ4n) is 3.82. The Morgan fingerprint density at radius 1 is 1.00 bits per heavy atom. The summed E-state index contributed by atoms with van der Waals surface area (Å²) in [7, 11) is 0. The molecule has 0 aliphatic carbocycles. The maximum atomic E-state index is 13.4. The van der Waals surface area contributed by atoms with Crippen molar-refractivity contribution in [3.8, 4) is 5.69 Å². The van der Waals surface area contributed by atoms with E-state index in [1.165, 1.54) is 4.90 Å². The van der Waals surface area contributed by atoms with Crippen LogP contribution in [0.4, 0.5) is 5.69 Å². The molecule has 1 aromatic carbocycles. The van der Waals surface area contributed by atoms with Crippen LogP contribution in [-0.4, -0.2) is 26.5 Å². The van der Waals surface area contributed by atoms with Crippen molar-refractivity contribution in [1.82, 2.24) is 14.9 Å². The Hall–Kier alpha value is -3.58. The lowest BCUT2D eigenvalue weighted by Crippen LogP contribution is -2.54. The van der Waals surface area contributed by atoms with Gasteiger partial charge in [0.1, 0.15) is 5.57 Å². The van der Waals surface area contributed by atoms with E-state index in [0.29, 0.717) is 5.69 Å². The van der Waals surface area contributed by atoms with Gasteiger partial charge in [0.15, 0.2) is 5.11 Å². The van der Waals surface area contributed by atoms with Crippen molar-refractivity contribution in [2.45, 2.75) is 27.7 Å². The van der Waals surface area contributed by atoms with Crippen LogP contribution in [-0.2, 0) is 9.59 Å². The Balaban J connectivity index is 1.79. The second kappa shape index (κ2) is 7.92. The molecule has 2 aromatic heterocycles. The zero-order chi connectivity index (χ0) is 22.3. The molecule has 2 amide bonds. The summed E-state index contributed by atoms with van der Waals surface area (Å²) < 4.78 is 2.06. The fraction of sp³-hybridized carbons (Fsp3) is 0.167. The van der Waals surface area contributed by atoms with Crippen molar-refractivity contribution >= 4 is 40.9 Å². The van der Waals surface area contributed by atoms with Crippen molar-refractivity contribution in [3.05, 3.63) is 82.4 Å². The molecule has 0 unspecified atom stereocenters. The summed E-state index contributed by atoms with van der Waals surface area (Å²) in [6, 6.07) is 11.6. The number of aromatic nitrogens is 2. The summed E-state index contributed by atoms with van der Waals surface area (Å²) in [5.74, 6) is -0.929. The molecule has 0 atom stereocenters.